The fraction of sp³-hybridized carbons (Fsp3) is 0.250. The molecule has 0 spiro atoms. The zero-order valence-electron chi connectivity index (χ0n) is 6.80. The predicted molar refractivity (Wildman–Crippen MR) is 51.8 cm³/mol. The second-order valence-corrected chi connectivity index (χ2v) is 5.35. The van der Waals surface area contributed by atoms with Crippen LogP contribution in [0.1, 0.15) is 5.56 Å². The summed E-state index contributed by atoms with van der Waals surface area (Å²) in [5.41, 5.74) is 0.825. The van der Waals surface area contributed by atoms with Gasteiger partial charge in [0.15, 0.2) is 0 Å². The van der Waals surface area contributed by atoms with Gasteiger partial charge in [-0.3, -0.25) is 4.57 Å². The molecule has 0 aliphatic heterocycles. The van der Waals surface area contributed by atoms with Gasteiger partial charge in [-0.25, -0.2) is 0 Å². The average Bonchev–Trinajstić information content (AvgIpc) is 2.04. The highest BCUT2D eigenvalue weighted by molar-refractivity contribution is 7.54. The largest absolute Gasteiger partial charge is 0.343 e. The first-order valence-corrected chi connectivity index (χ1v) is 5.85. The zero-order valence-corrected chi connectivity index (χ0v) is 8.45. The van der Waals surface area contributed by atoms with E-state index in [2.05, 4.69) is 0 Å². The van der Waals surface area contributed by atoms with Crippen molar-refractivity contribution in [2.45, 2.75) is 11.5 Å². The quantitative estimate of drug-likeness (QED) is 0.605. The predicted octanol–water partition coefficient (Wildman–Crippen LogP) is 1.97. The fourth-order valence-electron chi connectivity index (χ4n) is 0.928. The van der Waals surface area contributed by atoms with E-state index in [9.17, 15) is 4.57 Å². The molecule has 0 amide bonds. The third kappa shape index (κ3) is 3.49. The molecule has 1 aromatic rings. The molecule has 0 saturated heterocycles. The van der Waals surface area contributed by atoms with Crippen LogP contribution in [0.3, 0.4) is 0 Å². The summed E-state index contributed by atoms with van der Waals surface area (Å²) in [7, 11) is -4.16. The first kappa shape index (κ1) is 10.7. The van der Waals surface area contributed by atoms with Gasteiger partial charge in [-0.05, 0) is 5.56 Å². The standard InChI is InChI=1S/C8H10ClO3P/c9-8(13(10,11)12)6-7-4-2-1-3-5-7/h1-5,8H,6H2,(H2,10,11,12)/t8-/m0/s1. The molecule has 3 nitrogen and oxygen atoms in total. The van der Waals surface area contributed by atoms with Gasteiger partial charge in [0.25, 0.3) is 0 Å². The normalized spacial score (nSPS) is 14.1. The highest BCUT2D eigenvalue weighted by Gasteiger charge is 2.26. The van der Waals surface area contributed by atoms with Gasteiger partial charge in [0.1, 0.15) is 5.12 Å². The topological polar surface area (TPSA) is 57.5 Å². The van der Waals surface area contributed by atoms with Gasteiger partial charge in [-0.15, -0.1) is 11.6 Å². The molecule has 0 fully saturated rings. The van der Waals surface area contributed by atoms with Crippen molar-refractivity contribution in [3.05, 3.63) is 35.9 Å². The van der Waals surface area contributed by atoms with Crippen molar-refractivity contribution in [2.75, 3.05) is 0 Å². The highest BCUT2D eigenvalue weighted by atomic mass is 35.5. The van der Waals surface area contributed by atoms with Gasteiger partial charge in [0.2, 0.25) is 0 Å². The van der Waals surface area contributed by atoms with Crippen molar-refractivity contribution < 1.29 is 14.4 Å². The third-order valence-electron chi connectivity index (χ3n) is 1.61. The van der Waals surface area contributed by atoms with Gasteiger partial charge in [0, 0.05) is 6.42 Å². The SMILES string of the molecule is O=P(O)(O)[C@H](Cl)Cc1ccccc1. The molecule has 72 valence electrons. The molecule has 5 heteroatoms. The minimum absolute atomic E-state index is 0.187. The summed E-state index contributed by atoms with van der Waals surface area (Å²) in [6, 6.07) is 9.01. The van der Waals surface area contributed by atoms with Crippen molar-refractivity contribution >= 4 is 19.2 Å². The first-order valence-electron chi connectivity index (χ1n) is 3.73. The molecule has 1 aromatic carbocycles. The van der Waals surface area contributed by atoms with Crippen molar-refractivity contribution in [1.29, 1.82) is 0 Å². The zero-order chi connectivity index (χ0) is 9.90. The molecule has 0 aromatic heterocycles. The smallest absolute Gasteiger partial charge is 0.323 e. The van der Waals surface area contributed by atoms with Gasteiger partial charge >= 0.3 is 7.60 Å². The lowest BCUT2D eigenvalue weighted by Crippen LogP contribution is -2.03. The second kappa shape index (κ2) is 4.25. The first-order chi connectivity index (χ1) is 6.00. The van der Waals surface area contributed by atoms with Crippen LogP contribution in [0.2, 0.25) is 0 Å². The Morgan fingerprint density at radius 1 is 1.31 bits per heavy atom. The summed E-state index contributed by atoms with van der Waals surface area (Å²) in [5, 5.41) is -1.13. The van der Waals surface area contributed by atoms with Crippen LogP contribution in [0.4, 0.5) is 0 Å². The molecule has 1 rings (SSSR count). The Morgan fingerprint density at radius 2 is 1.85 bits per heavy atom. The van der Waals surface area contributed by atoms with E-state index in [4.69, 9.17) is 21.4 Å². The Bertz CT molecular complexity index is 308. The van der Waals surface area contributed by atoms with E-state index in [1.807, 2.05) is 6.07 Å². The molecule has 2 N–H and O–H groups in total. The average molecular weight is 221 g/mol. The van der Waals surface area contributed by atoms with Crippen molar-refractivity contribution in [2.24, 2.45) is 0 Å². The van der Waals surface area contributed by atoms with Crippen LogP contribution in [0.25, 0.3) is 0 Å². The van der Waals surface area contributed by atoms with E-state index in [0.717, 1.165) is 5.56 Å². The van der Waals surface area contributed by atoms with Crippen molar-refractivity contribution in [3.63, 3.8) is 0 Å². The van der Waals surface area contributed by atoms with Crippen molar-refractivity contribution in [3.8, 4) is 0 Å². The Balaban J connectivity index is 2.66. The Kier molecular flexibility index (Phi) is 3.51. The molecule has 0 heterocycles. The van der Waals surface area contributed by atoms with Gasteiger partial charge in [0.05, 0.1) is 0 Å². The van der Waals surface area contributed by atoms with Gasteiger partial charge < -0.3 is 9.79 Å². The third-order valence-corrected chi connectivity index (χ3v) is 3.44. The van der Waals surface area contributed by atoms with Crippen molar-refractivity contribution in [1.82, 2.24) is 0 Å². The molecule has 1 atom stereocenters. The Morgan fingerprint density at radius 3 is 2.31 bits per heavy atom. The van der Waals surface area contributed by atoms with Crippen LogP contribution in [0.5, 0.6) is 0 Å². The maximum atomic E-state index is 10.7. The van der Waals surface area contributed by atoms with Crippen LogP contribution in [0.15, 0.2) is 30.3 Å². The van der Waals surface area contributed by atoms with E-state index >= 15 is 0 Å². The maximum Gasteiger partial charge on any atom is 0.343 e. The number of halogens is 1. The van der Waals surface area contributed by atoms with Gasteiger partial charge in [-0.1, -0.05) is 30.3 Å². The molecule has 0 saturated carbocycles. The molecule has 0 radical (unpaired) electrons. The van der Waals surface area contributed by atoms with E-state index in [0.29, 0.717) is 0 Å². The van der Waals surface area contributed by atoms with Crippen LogP contribution in [-0.2, 0) is 11.0 Å². The molecule has 13 heavy (non-hydrogen) atoms. The summed E-state index contributed by atoms with van der Waals surface area (Å²) < 4.78 is 10.7. The van der Waals surface area contributed by atoms with E-state index in [1.165, 1.54) is 0 Å². The fourth-order valence-corrected chi connectivity index (χ4v) is 1.55. The lowest BCUT2D eigenvalue weighted by molar-refractivity contribution is 0.368. The van der Waals surface area contributed by atoms with E-state index in [1.54, 1.807) is 24.3 Å². The summed E-state index contributed by atoms with van der Waals surface area (Å²) >= 11 is 5.53. The highest BCUT2D eigenvalue weighted by Crippen LogP contribution is 2.44. The molecular formula is C8H10ClO3P. The molecule has 0 bridgehead atoms. The van der Waals surface area contributed by atoms with Crippen LogP contribution < -0.4 is 0 Å². The number of hydrogen-bond donors (Lipinski definition) is 2. The summed E-state index contributed by atoms with van der Waals surface area (Å²) in [6.07, 6.45) is 0.187. The molecule has 0 unspecified atom stereocenters. The molecule has 0 aliphatic carbocycles. The van der Waals surface area contributed by atoms with E-state index in [-0.39, 0.29) is 6.42 Å². The number of benzene rings is 1. The lowest BCUT2D eigenvalue weighted by atomic mass is 10.2. The minimum Gasteiger partial charge on any atom is -0.323 e. The summed E-state index contributed by atoms with van der Waals surface area (Å²) in [4.78, 5) is 17.5. The lowest BCUT2D eigenvalue weighted by Gasteiger charge is -2.10. The maximum absolute atomic E-state index is 10.7. The van der Waals surface area contributed by atoms with Crippen LogP contribution >= 0.6 is 19.2 Å². The number of alkyl halides is 1. The monoisotopic (exact) mass is 220 g/mol. The van der Waals surface area contributed by atoms with Crippen LogP contribution in [-0.4, -0.2) is 14.9 Å². The Hall–Kier alpha value is -0.340. The Labute approximate surface area is 81.5 Å². The molecule has 0 aliphatic rings. The van der Waals surface area contributed by atoms with Crippen LogP contribution in [0, 0.1) is 0 Å². The summed E-state index contributed by atoms with van der Waals surface area (Å²) in [5.74, 6) is 0. The van der Waals surface area contributed by atoms with Gasteiger partial charge in [-0.2, -0.15) is 0 Å². The number of rotatable bonds is 3. The minimum atomic E-state index is -4.16. The summed E-state index contributed by atoms with van der Waals surface area (Å²) in [6.45, 7) is 0. The second-order valence-electron chi connectivity index (χ2n) is 2.71. The van der Waals surface area contributed by atoms with E-state index < -0.39 is 12.7 Å². The molecular weight excluding hydrogens is 211 g/mol. The number of hydrogen-bond acceptors (Lipinski definition) is 1.